The van der Waals surface area contributed by atoms with Crippen LogP contribution in [0.2, 0.25) is 0 Å². The summed E-state index contributed by atoms with van der Waals surface area (Å²) in [6.45, 7) is 2.11. The second-order valence-electron chi connectivity index (χ2n) is 1.94. The average Bonchev–Trinajstić information content (AvgIpc) is 1.89. The van der Waals surface area contributed by atoms with Gasteiger partial charge in [-0.25, -0.2) is 0 Å². The summed E-state index contributed by atoms with van der Waals surface area (Å²) >= 11 is 2.34. The first-order chi connectivity index (χ1) is 4.34. The lowest BCUT2D eigenvalue weighted by Gasteiger charge is -1.96. The number of pyridine rings is 1. The van der Waals surface area contributed by atoms with E-state index in [0.717, 1.165) is 4.43 Å². The molecular formula is C7H8IN. The van der Waals surface area contributed by atoms with Gasteiger partial charge in [0.05, 0.1) is 0 Å². The number of aromatic nitrogens is 1. The molecule has 1 nitrogen and oxygen atoms in total. The lowest BCUT2D eigenvalue weighted by Crippen LogP contribution is -1.83. The van der Waals surface area contributed by atoms with Crippen LogP contribution in [-0.2, 0) is 4.43 Å². The molecule has 2 heteroatoms. The molecule has 0 atom stereocenters. The van der Waals surface area contributed by atoms with Crippen molar-refractivity contribution in [2.45, 2.75) is 11.4 Å². The maximum Gasteiger partial charge on any atom is 0.0310 e. The minimum atomic E-state index is 1.05. The summed E-state index contributed by atoms with van der Waals surface area (Å²) in [4.78, 5) is 4.01. The first kappa shape index (κ1) is 6.99. The number of aryl methyl sites for hydroxylation is 1. The highest BCUT2D eigenvalue weighted by molar-refractivity contribution is 14.1. The van der Waals surface area contributed by atoms with Crippen molar-refractivity contribution in [2.75, 3.05) is 0 Å². The Morgan fingerprint density at radius 1 is 1.67 bits per heavy atom. The van der Waals surface area contributed by atoms with Crippen molar-refractivity contribution in [3.05, 3.63) is 29.6 Å². The van der Waals surface area contributed by atoms with E-state index in [4.69, 9.17) is 0 Å². The molecule has 1 aromatic heterocycles. The van der Waals surface area contributed by atoms with Crippen LogP contribution in [0, 0.1) is 6.92 Å². The van der Waals surface area contributed by atoms with E-state index < -0.39 is 0 Å². The fourth-order valence-electron chi connectivity index (χ4n) is 0.637. The zero-order chi connectivity index (χ0) is 6.69. The Labute approximate surface area is 68.6 Å². The van der Waals surface area contributed by atoms with Gasteiger partial charge in [-0.3, -0.25) is 4.98 Å². The van der Waals surface area contributed by atoms with Crippen molar-refractivity contribution in [3.63, 3.8) is 0 Å². The van der Waals surface area contributed by atoms with Gasteiger partial charge >= 0.3 is 0 Å². The Bertz CT molecular complexity index is 198. The molecule has 0 fully saturated rings. The molecule has 0 saturated heterocycles. The van der Waals surface area contributed by atoms with Crippen molar-refractivity contribution in [2.24, 2.45) is 0 Å². The highest BCUT2D eigenvalue weighted by atomic mass is 127. The van der Waals surface area contributed by atoms with E-state index in [-0.39, 0.29) is 0 Å². The van der Waals surface area contributed by atoms with Crippen LogP contribution < -0.4 is 0 Å². The Morgan fingerprint density at radius 3 is 2.89 bits per heavy atom. The fraction of sp³-hybridized carbons (Fsp3) is 0.286. The molecule has 0 aliphatic rings. The van der Waals surface area contributed by atoms with Crippen molar-refractivity contribution >= 4 is 22.6 Å². The second-order valence-corrected chi connectivity index (χ2v) is 2.70. The molecule has 0 saturated carbocycles. The molecule has 0 amide bonds. The van der Waals surface area contributed by atoms with Gasteiger partial charge in [0.1, 0.15) is 0 Å². The van der Waals surface area contributed by atoms with Crippen LogP contribution in [0.15, 0.2) is 18.5 Å². The normalized spacial score (nSPS) is 9.56. The molecule has 0 radical (unpaired) electrons. The topological polar surface area (TPSA) is 12.9 Å². The summed E-state index contributed by atoms with van der Waals surface area (Å²) in [5, 5.41) is 0. The minimum Gasteiger partial charge on any atom is -0.264 e. The van der Waals surface area contributed by atoms with Gasteiger partial charge in [-0.15, -0.1) is 0 Å². The molecule has 0 spiro atoms. The number of hydrogen-bond donors (Lipinski definition) is 0. The maximum absolute atomic E-state index is 4.01. The average molecular weight is 233 g/mol. The summed E-state index contributed by atoms with van der Waals surface area (Å²) in [7, 11) is 0. The molecule has 1 aromatic rings. The van der Waals surface area contributed by atoms with Crippen LogP contribution >= 0.6 is 22.6 Å². The van der Waals surface area contributed by atoms with E-state index in [9.17, 15) is 0 Å². The largest absolute Gasteiger partial charge is 0.264 e. The summed E-state index contributed by atoms with van der Waals surface area (Å²) in [6, 6.07) is 2.04. The smallest absolute Gasteiger partial charge is 0.0310 e. The first-order valence-corrected chi connectivity index (χ1v) is 4.32. The van der Waals surface area contributed by atoms with Gasteiger partial charge in [-0.05, 0) is 24.1 Å². The van der Waals surface area contributed by atoms with Crippen LogP contribution in [-0.4, -0.2) is 4.98 Å². The summed E-state index contributed by atoms with van der Waals surface area (Å²) in [6.07, 6.45) is 3.74. The van der Waals surface area contributed by atoms with Crippen molar-refractivity contribution in [1.29, 1.82) is 0 Å². The molecule has 48 valence electrons. The molecule has 0 unspecified atom stereocenters. The highest BCUT2D eigenvalue weighted by Crippen LogP contribution is 2.08. The number of hydrogen-bond acceptors (Lipinski definition) is 1. The van der Waals surface area contributed by atoms with Crippen molar-refractivity contribution in [1.82, 2.24) is 4.98 Å². The quantitative estimate of drug-likeness (QED) is 0.535. The molecule has 9 heavy (non-hydrogen) atoms. The van der Waals surface area contributed by atoms with Gasteiger partial charge in [-0.1, -0.05) is 22.6 Å². The number of halogens is 1. The lowest BCUT2D eigenvalue weighted by atomic mass is 10.2. The van der Waals surface area contributed by atoms with E-state index in [1.807, 2.05) is 18.5 Å². The van der Waals surface area contributed by atoms with Gasteiger partial charge in [0.2, 0.25) is 0 Å². The van der Waals surface area contributed by atoms with Crippen molar-refractivity contribution < 1.29 is 0 Å². The van der Waals surface area contributed by atoms with Gasteiger partial charge in [0.25, 0.3) is 0 Å². The van der Waals surface area contributed by atoms with Gasteiger partial charge in [0.15, 0.2) is 0 Å². The third-order valence-corrected chi connectivity index (χ3v) is 2.11. The number of nitrogens with zero attached hydrogens (tertiary/aromatic N) is 1. The van der Waals surface area contributed by atoms with Gasteiger partial charge in [-0.2, -0.15) is 0 Å². The summed E-state index contributed by atoms with van der Waals surface area (Å²) in [5.41, 5.74) is 2.66. The zero-order valence-corrected chi connectivity index (χ0v) is 7.42. The fourth-order valence-corrected chi connectivity index (χ4v) is 1.44. The zero-order valence-electron chi connectivity index (χ0n) is 5.26. The molecule has 0 aliphatic heterocycles. The van der Waals surface area contributed by atoms with Gasteiger partial charge in [0, 0.05) is 16.8 Å². The summed E-state index contributed by atoms with van der Waals surface area (Å²) in [5.74, 6) is 0. The monoisotopic (exact) mass is 233 g/mol. The molecule has 1 heterocycles. The number of alkyl halides is 1. The molecular weight excluding hydrogens is 225 g/mol. The van der Waals surface area contributed by atoms with Crippen LogP contribution in [0.3, 0.4) is 0 Å². The minimum absolute atomic E-state index is 1.05. The van der Waals surface area contributed by atoms with E-state index in [1.165, 1.54) is 11.1 Å². The lowest BCUT2D eigenvalue weighted by molar-refractivity contribution is 1.21. The predicted molar refractivity (Wildman–Crippen MR) is 46.7 cm³/mol. The van der Waals surface area contributed by atoms with Gasteiger partial charge < -0.3 is 0 Å². The van der Waals surface area contributed by atoms with Crippen LogP contribution in [0.5, 0.6) is 0 Å². The van der Waals surface area contributed by atoms with E-state index in [2.05, 4.69) is 34.5 Å². The predicted octanol–water partition coefficient (Wildman–Crippen LogP) is 2.33. The van der Waals surface area contributed by atoms with E-state index in [1.54, 1.807) is 0 Å². The first-order valence-electron chi connectivity index (χ1n) is 2.80. The molecule has 0 bridgehead atoms. The van der Waals surface area contributed by atoms with E-state index in [0.29, 0.717) is 0 Å². The van der Waals surface area contributed by atoms with Crippen LogP contribution in [0.4, 0.5) is 0 Å². The molecule has 0 aromatic carbocycles. The third-order valence-electron chi connectivity index (χ3n) is 1.29. The number of rotatable bonds is 1. The maximum atomic E-state index is 4.01. The SMILES string of the molecule is Cc1ccncc1CI. The Kier molecular flexibility index (Phi) is 2.45. The van der Waals surface area contributed by atoms with E-state index >= 15 is 0 Å². The second kappa shape index (κ2) is 3.15. The Hall–Kier alpha value is -0.120. The van der Waals surface area contributed by atoms with Crippen LogP contribution in [0.1, 0.15) is 11.1 Å². The standard InChI is InChI=1S/C7H8IN/c1-6-2-3-9-5-7(6)4-8/h2-3,5H,4H2,1H3. The Balaban J connectivity index is 3.01. The highest BCUT2D eigenvalue weighted by Gasteiger charge is 1.91. The van der Waals surface area contributed by atoms with Crippen molar-refractivity contribution in [3.8, 4) is 0 Å². The van der Waals surface area contributed by atoms with Crippen LogP contribution in [0.25, 0.3) is 0 Å². The molecule has 1 rings (SSSR count). The summed E-state index contributed by atoms with van der Waals surface area (Å²) < 4.78 is 1.05. The third kappa shape index (κ3) is 1.64. The molecule has 0 N–H and O–H groups in total. The molecule has 0 aliphatic carbocycles. The Morgan fingerprint density at radius 2 is 2.44 bits per heavy atom.